The molecule has 1 aromatic heterocycles. The van der Waals surface area contributed by atoms with E-state index in [2.05, 4.69) is 17.2 Å². The van der Waals surface area contributed by atoms with Gasteiger partial charge in [0, 0.05) is 12.6 Å². The lowest BCUT2D eigenvalue weighted by atomic mass is 9.94. The van der Waals surface area contributed by atoms with Gasteiger partial charge in [-0.3, -0.25) is 4.68 Å². The van der Waals surface area contributed by atoms with Gasteiger partial charge < -0.3 is 9.47 Å². The van der Waals surface area contributed by atoms with E-state index in [0.717, 1.165) is 38.9 Å². The van der Waals surface area contributed by atoms with Crippen LogP contribution in [0, 0.1) is 0 Å². The Bertz CT molecular complexity index is 1180. The molecule has 0 fully saturated rings. The fourth-order valence-electron chi connectivity index (χ4n) is 3.70. The summed E-state index contributed by atoms with van der Waals surface area (Å²) in [7, 11) is 3.49. The minimum absolute atomic E-state index is 0.288. The van der Waals surface area contributed by atoms with Crippen LogP contribution in [-0.4, -0.2) is 29.5 Å². The predicted octanol–water partition coefficient (Wildman–Crippen LogP) is 5.09. The smallest absolute Gasteiger partial charge is 0.359 e. The molecule has 0 radical (unpaired) electrons. The number of ether oxygens (including phenoxy) is 2. The van der Waals surface area contributed by atoms with Gasteiger partial charge in [-0.15, -0.1) is 0 Å². The number of rotatable bonds is 5. The minimum Gasteiger partial charge on any atom is -0.496 e. The average Bonchev–Trinajstić information content (AvgIpc) is 3.10. The van der Waals surface area contributed by atoms with Crippen molar-refractivity contribution in [3.05, 3.63) is 72.4 Å². The van der Waals surface area contributed by atoms with E-state index >= 15 is 0 Å². The number of fused-ring (bicyclic) bond motifs is 1. The largest absolute Gasteiger partial charge is 0.496 e. The molecule has 0 aliphatic heterocycles. The van der Waals surface area contributed by atoms with E-state index in [4.69, 9.17) is 9.47 Å². The highest BCUT2D eigenvalue weighted by molar-refractivity contribution is 6.06. The first kappa shape index (κ1) is 18.7. The summed E-state index contributed by atoms with van der Waals surface area (Å²) in [6, 6.07) is 21.9. The van der Waals surface area contributed by atoms with Gasteiger partial charge in [-0.1, -0.05) is 60.7 Å². The van der Waals surface area contributed by atoms with Crippen molar-refractivity contribution in [2.45, 2.75) is 6.92 Å². The Balaban J connectivity index is 2.11. The fourth-order valence-corrected chi connectivity index (χ4v) is 3.70. The molecule has 0 aliphatic carbocycles. The summed E-state index contributed by atoms with van der Waals surface area (Å²) in [4.78, 5) is 12.7. The second-order valence-corrected chi connectivity index (χ2v) is 6.65. The zero-order valence-corrected chi connectivity index (χ0v) is 16.7. The van der Waals surface area contributed by atoms with Gasteiger partial charge in [-0.2, -0.15) is 5.10 Å². The van der Waals surface area contributed by atoms with E-state index in [1.54, 1.807) is 18.7 Å². The minimum atomic E-state index is -0.438. The summed E-state index contributed by atoms with van der Waals surface area (Å²) >= 11 is 0. The van der Waals surface area contributed by atoms with Crippen molar-refractivity contribution in [2.75, 3.05) is 13.7 Å². The van der Waals surface area contributed by atoms with Gasteiger partial charge in [-0.25, -0.2) is 4.79 Å². The summed E-state index contributed by atoms with van der Waals surface area (Å²) in [6.07, 6.45) is 0. The van der Waals surface area contributed by atoms with E-state index in [1.807, 2.05) is 61.6 Å². The van der Waals surface area contributed by atoms with Crippen LogP contribution in [0.5, 0.6) is 5.75 Å². The lowest BCUT2D eigenvalue weighted by Crippen LogP contribution is -2.07. The molecular weight excluding hydrogens is 364 g/mol. The molecule has 0 saturated heterocycles. The molecule has 29 heavy (non-hydrogen) atoms. The van der Waals surface area contributed by atoms with Crippen LogP contribution in [0.2, 0.25) is 0 Å². The third-order valence-electron chi connectivity index (χ3n) is 4.93. The Morgan fingerprint density at radius 2 is 1.69 bits per heavy atom. The monoisotopic (exact) mass is 386 g/mol. The predicted molar refractivity (Wildman–Crippen MR) is 114 cm³/mol. The van der Waals surface area contributed by atoms with E-state index in [9.17, 15) is 4.79 Å². The van der Waals surface area contributed by atoms with Crippen molar-refractivity contribution in [1.82, 2.24) is 9.78 Å². The lowest BCUT2D eigenvalue weighted by molar-refractivity contribution is 0.0519. The first-order chi connectivity index (χ1) is 14.2. The normalized spacial score (nSPS) is 10.9. The van der Waals surface area contributed by atoms with Crippen molar-refractivity contribution < 1.29 is 14.3 Å². The number of carbonyl (C=O) groups is 1. The van der Waals surface area contributed by atoms with Crippen molar-refractivity contribution in [2.24, 2.45) is 7.05 Å². The number of hydrogen-bond acceptors (Lipinski definition) is 4. The number of aromatic nitrogens is 2. The number of esters is 1. The zero-order valence-electron chi connectivity index (χ0n) is 16.7. The molecule has 4 aromatic rings. The van der Waals surface area contributed by atoms with E-state index < -0.39 is 5.97 Å². The van der Waals surface area contributed by atoms with Crippen molar-refractivity contribution in [3.63, 3.8) is 0 Å². The van der Waals surface area contributed by atoms with Crippen LogP contribution < -0.4 is 4.74 Å². The number of nitrogens with zero attached hydrogens (tertiary/aromatic N) is 2. The van der Waals surface area contributed by atoms with Crippen LogP contribution in [0.4, 0.5) is 0 Å². The van der Waals surface area contributed by atoms with Gasteiger partial charge in [0.15, 0.2) is 5.69 Å². The molecule has 5 nitrogen and oxygen atoms in total. The van der Waals surface area contributed by atoms with Crippen LogP contribution >= 0.6 is 0 Å². The maximum atomic E-state index is 12.7. The molecule has 0 atom stereocenters. The number of aryl methyl sites for hydroxylation is 1. The number of hydrogen-bond donors (Lipinski definition) is 0. The van der Waals surface area contributed by atoms with Crippen molar-refractivity contribution in [3.8, 4) is 28.1 Å². The maximum absolute atomic E-state index is 12.7. The third kappa shape index (κ3) is 3.25. The van der Waals surface area contributed by atoms with Crippen molar-refractivity contribution >= 4 is 16.7 Å². The molecule has 0 aliphatic rings. The number of carbonyl (C=O) groups excluding carboxylic acids is 1. The molecule has 0 unspecified atom stereocenters. The van der Waals surface area contributed by atoms with E-state index in [1.165, 1.54) is 0 Å². The van der Waals surface area contributed by atoms with Crippen LogP contribution in [0.1, 0.15) is 17.4 Å². The van der Waals surface area contributed by atoms with E-state index in [0.29, 0.717) is 5.69 Å². The Morgan fingerprint density at radius 3 is 2.41 bits per heavy atom. The fraction of sp³-hybridized carbons (Fsp3) is 0.167. The molecule has 3 aromatic carbocycles. The molecule has 1 heterocycles. The molecule has 0 saturated carbocycles. The highest BCUT2D eigenvalue weighted by atomic mass is 16.5. The van der Waals surface area contributed by atoms with Gasteiger partial charge in [0.05, 0.1) is 25.0 Å². The Kier molecular flexibility index (Phi) is 5.04. The second kappa shape index (κ2) is 7.80. The topological polar surface area (TPSA) is 53.3 Å². The standard InChI is InChI=1S/C24H22N2O3/c1-4-29-24(27)22-20(17-11-6-5-7-12-17)23(26(2)25-22)21-18-13-9-8-10-16(18)14-15-19(21)28-3/h5-15H,4H2,1-3H3. The first-order valence-electron chi connectivity index (χ1n) is 9.51. The highest BCUT2D eigenvalue weighted by Gasteiger charge is 2.27. The van der Waals surface area contributed by atoms with Crippen molar-refractivity contribution in [1.29, 1.82) is 0 Å². The second-order valence-electron chi connectivity index (χ2n) is 6.65. The molecule has 5 heteroatoms. The Labute approximate surface area is 169 Å². The quantitative estimate of drug-likeness (QED) is 0.448. The summed E-state index contributed by atoms with van der Waals surface area (Å²) < 4.78 is 12.7. The van der Waals surface area contributed by atoms with Gasteiger partial charge in [0.1, 0.15) is 5.75 Å². The highest BCUT2D eigenvalue weighted by Crippen LogP contribution is 2.43. The molecule has 0 bridgehead atoms. The summed E-state index contributed by atoms with van der Waals surface area (Å²) in [5.74, 6) is 0.284. The lowest BCUT2D eigenvalue weighted by Gasteiger charge is -2.15. The zero-order chi connectivity index (χ0) is 20.4. The molecule has 146 valence electrons. The van der Waals surface area contributed by atoms with E-state index in [-0.39, 0.29) is 6.61 Å². The van der Waals surface area contributed by atoms with Gasteiger partial charge in [-0.05, 0) is 29.3 Å². The van der Waals surface area contributed by atoms with Crippen LogP contribution in [-0.2, 0) is 11.8 Å². The summed E-state index contributed by atoms with van der Waals surface area (Å²) in [6.45, 7) is 2.08. The summed E-state index contributed by atoms with van der Waals surface area (Å²) in [5.41, 5.74) is 3.64. The molecule has 0 amide bonds. The number of benzene rings is 3. The van der Waals surface area contributed by atoms with Crippen LogP contribution in [0.15, 0.2) is 66.7 Å². The summed E-state index contributed by atoms with van der Waals surface area (Å²) in [5, 5.41) is 6.67. The molecule has 4 rings (SSSR count). The average molecular weight is 386 g/mol. The molecular formula is C24H22N2O3. The SMILES string of the molecule is CCOC(=O)c1nn(C)c(-c2c(OC)ccc3ccccc23)c1-c1ccccc1. The van der Waals surface area contributed by atoms with Crippen LogP contribution in [0.3, 0.4) is 0 Å². The first-order valence-corrected chi connectivity index (χ1v) is 9.51. The Morgan fingerprint density at radius 1 is 0.966 bits per heavy atom. The Hall–Kier alpha value is -3.60. The van der Waals surface area contributed by atoms with Gasteiger partial charge in [0.2, 0.25) is 0 Å². The third-order valence-corrected chi connectivity index (χ3v) is 4.93. The van der Waals surface area contributed by atoms with Gasteiger partial charge in [0.25, 0.3) is 0 Å². The van der Waals surface area contributed by atoms with Crippen LogP contribution in [0.25, 0.3) is 33.2 Å². The molecule has 0 N–H and O–H groups in total. The van der Waals surface area contributed by atoms with Gasteiger partial charge >= 0.3 is 5.97 Å². The molecule has 0 spiro atoms. The maximum Gasteiger partial charge on any atom is 0.359 e. The number of methoxy groups -OCH3 is 1.